The molecule has 5 heteroatoms. The van der Waals surface area contributed by atoms with Gasteiger partial charge < -0.3 is 15.8 Å². The van der Waals surface area contributed by atoms with Crippen molar-refractivity contribution in [3.05, 3.63) is 23.9 Å². The third-order valence-electron chi connectivity index (χ3n) is 1.93. The van der Waals surface area contributed by atoms with Gasteiger partial charge in [-0.25, -0.2) is 9.78 Å². The number of nitrogens with two attached hydrogens (primary N) is 1. The second-order valence-electron chi connectivity index (χ2n) is 4.77. The number of amides is 1. The minimum absolute atomic E-state index is 0.402. The minimum atomic E-state index is -0.465. The zero-order valence-corrected chi connectivity index (χ0v) is 10.5. The molecule has 1 aromatic heterocycles. The number of ether oxygens (including phenoxy) is 1. The monoisotopic (exact) mass is 237 g/mol. The highest BCUT2D eigenvalue weighted by Gasteiger charge is 2.15. The average molecular weight is 237 g/mol. The fourth-order valence-corrected chi connectivity index (χ4v) is 1.21. The van der Waals surface area contributed by atoms with Crippen LogP contribution in [0.2, 0.25) is 0 Å². The van der Waals surface area contributed by atoms with Crippen molar-refractivity contribution < 1.29 is 9.53 Å². The molecule has 5 nitrogen and oxygen atoms in total. The molecule has 0 aliphatic rings. The van der Waals surface area contributed by atoms with Gasteiger partial charge in [0, 0.05) is 12.7 Å². The second-order valence-corrected chi connectivity index (χ2v) is 4.77. The number of carbonyl (C=O) groups excluding carboxylic acids is 1. The highest BCUT2D eigenvalue weighted by molar-refractivity contribution is 5.67. The van der Waals surface area contributed by atoms with Crippen molar-refractivity contribution in [3.8, 4) is 0 Å². The molecule has 3 N–H and O–H groups in total. The van der Waals surface area contributed by atoms with Crippen molar-refractivity contribution in [2.24, 2.45) is 0 Å². The van der Waals surface area contributed by atoms with Crippen LogP contribution in [0.25, 0.3) is 0 Å². The molecule has 0 radical (unpaired) electrons. The van der Waals surface area contributed by atoms with Crippen LogP contribution in [0, 0.1) is 0 Å². The van der Waals surface area contributed by atoms with E-state index in [1.54, 1.807) is 12.3 Å². The van der Waals surface area contributed by atoms with Gasteiger partial charge in [0.2, 0.25) is 0 Å². The Morgan fingerprint density at radius 3 is 2.71 bits per heavy atom. The molecule has 1 heterocycles. The normalized spacial score (nSPS) is 11.0. The van der Waals surface area contributed by atoms with Gasteiger partial charge in [-0.05, 0) is 38.8 Å². The van der Waals surface area contributed by atoms with E-state index in [-0.39, 0.29) is 0 Å². The van der Waals surface area contributed by atoms with E-state index >= 15 is 0 Å². The summed E-state index contributed by atoms with van der Waals surface area (Å²) in [5.41, 5.74) is 6.03. The number of aromatic nitrogens is 1. The molecule has 0 saturated heterocycles. The van der Waals surface area contributed by atoms with Crippen LogP contribution < -0.4 is 11.1 Å². The van der Waals surface area contributed by atoms with E-state index in [1.807, 2.05) is 26.8 Å². The minimum Gasteiger partial charge on any atom is -0.444 e. The van der Waals surface area contributed by atoms with Crippen LogP contribution in [0.1, 0.15) is 26.3 Å². The van der Waals surface area contributed by atoms with Crippen LogP contribution in [0.3, 0.4) is 0 Å². The number of anilines is 1. The summed E-state index contributed by atoms with van der Waals surface area (Å²) in [6.45, 7) is 6.00. The lowest BCUT2D eigenvalue weighted by Crippen LogP contribution is -2.33. The Morgan fingerprint density at radius 1 is 1.47 bits per heavy atom. The Hall–Kier alpha value is -1.78. The van der Waals surface area contributed by atoms with Crippen LogP contribution in [0.15, 0.2) is 18.3 Å². The van der Waals surface area contributed by atoms with Crippen LogP contribution in [-0.4, -0.2) is 23.2 Å². The van der Waals surface area contributed by atoms with Crippen molar-refractivity contribution in [1.29, 1.82) is 0 Å². The SMILES string of the molecule is CC(C)(C)OC(=O)NCCc1ccc(N)nc1. The van der Waals surface area contributed by atoms with Gasteiger partial charge in [0.05, 0.1) is 0 Å². The number of nitrogen functional groups attached to an aromatic ring is 1. The predicted molar refractivity (Wildman–Crippen MR) is 66.6 cm³/mol. The quantitative estimate of drug-likeness (QED) is 0.839. The third-order valence-corrected chi connectivity index (χ3v) is 1.93. The van der Waals surface area contributed by atoms with E-state index in [0.717, 1.165) is 5.56 Å². The highest BCUT2D eigenvalue weighted by atomic mass is 16.6. The van der Waals surface area contributed by atoms with Crippen LogP contribution in [0.5, 0.6) is 0 Å². The fraction of sp³-hybridized carbons (Fsp3) is 0.500. The number of alkyl carbamates (subject to hydrolysis) is 1. The van der Waals surface area contributed by atoms with Gasteiger partial charge in [-0.15, -0.1) is 0 Å². The largest absolute Gasteiger partial charge is 0.444 e. The maximum absolute atomic E-state index is 11.3. The van der Waals surface area contributed by atoms with Gasteiger partial charge in [0.25, 0.3) is 0 Å². The lowest BCUT2D eigenvalue weighted by atomic mass is 10.2. The maximum Gasteiger partial charge on any atom is 0.407 e. The molecule has 1 amide bonds. The highest BCUT2D eigenvalue weighted by Crippen LogP contribution is 2.06. The van der Waals surface area contributed by atoms with Gasteiger partial charge in [-0.1, -0.05) is 6.07 Å². The predicted octanol–water partition coefficient (Wildman–Crippen LogP) is 1.73. The molecule has 0 saturated carbocycles. The Bertz CT molecular complexity index is 368. The van der Waals surface area contributed by atoms with Gasteiger partial charge in [-0.2, -0.15) is 0 Å². The Kier molecular flexibility index (Phi) is 4.31. The van der Waals surface area contributed by atoms with Crippen molar-refractivity contribution in [1.82, 2.24) is 10.3 Å². The first-order chi connectivity index (χ1) is 7.87. The van der Waals surface area contributed by atoms with Crippen LogP contribution in [-0.2, 0) is 11.2 Å². The van der Waals surface area contributed by atoms with E-state index in [0.29, 0.717) is 18.8 Å². The molecular weight excluding hydrogens is 218 g/mol. The first-order valence-electron chi connectivity index (χ1n) is 5.54. The molecule has 0 aliphatic carbocycles. The van der Waals surface area contributed by atoms with Crippen LogP contribution >= 0.6 is 0 Å². The zero-order chi connectivity index (χ0) is 12.9. The molecule has 0 spiro atoms. The summed E-state index contributed by atoms with van der Waals surface area (Å²) in [5.74, 6) is 0.494. The molecule has 1 rings (SSSR count). The Balaban J connectivity index is 2.28. The topological polar surface area (TPSA) is 77.2 Å². The second kappa shape index (κ2) is 5.52. The van der Waals surface area contributed by atoms with Crippen molar-refractivity contribution in [3.63, 3.8) is 0 Å². The number of hydrogen-bond donors (Lipinski definition) is 2. The van der Waals surface area contributed by atoms with Gasteiger partial charge in [0.15, 0.2) is 0 Å². The molecule has 17 heavy (non-hydrogen) atoms. The summed E-state index contributed by atoms with van der Waals surface area (Å²) in [4.78, 5) is 15.3. The summed E-state index contributed by atoms with van der Waals surface area (Å²) >= 11 is 0. The number of nitrogens with one attached hydrogen (secondary N) is 1. The third kappa shape index (κ3) is 5.75. The molecule has 0 aromatic carbocycles. The molecule has 94 valence electrons. The Morgan fingerprint density at radius 2 is 2.18 bits per heavy atom. The van der Waals surface area contributed by atoms with E-state index in [1.165, 1.54) is 0 Å². The number of hydrogen-bond acceptors (Lipinski definition) is 4. The number of carbonyl (C=O) groups is 1. The molecule has 0 bridgehead atoms. The van der Waals surface area contributed by atoms with Crippen LogP contribution in [0.4, 0.5) is 10.6 Å². The molecular formula is C12H19N3O2. The number of pyridine rings is 1. The zero-order valence-electron chi connectivity index (χ0n) is 10.5. The smallest absolute Gasteiger partial charge is 0.407 e. The van der Waals surface area contributed by atoms with Crippen molar-refractivity contribution in [2.75, 3.05) is 12.3 Å². The summed E-state index contributed by atoms with van der Waals surface area (Å²) in [6, 6.07) is 3.63. The Labute approximate surface area is 101 Å². The van der Waals surface area contributed by atoms with Gasteiger partial charge in [-0.3, -0.25) is 0 Å². The lowest BCUT2D eigenvalue weighted by Gasteiger charge is -2.19. The number of nitrogens with zero attached hydrogens (tertiary/aromatic N) is 1. The van der Waals surface area contributed by atoms with E-state index < -0.39 is 11.7 Å². The molecule has 0 aliphatic heterocycles. The molecule has 0 fully saturated rings. The van der Waals surface area contributed by atoms with Gasteiger partial charge in [0.1, 0.15) is 11.4 Å². The van der Waals surface area contributed by atoms with Crippen molar-refractivity contribution in [2.45, 2.75) is 32.8 Å². The molecule has 1 aromatic rings. The molecule has 0 atom stereocenters. The summed E-state index contributed by atoms with van der Waals surface area (Å²) in [5, 5.41) is 2.68. The van der Waals surface area contributed by atoms with E-state index in [2.05, 4.69) is 10.3 Å². The van der Waals surface area contributed by atoms with E-state index in [9.17, 15) is 4.79 Å². The van der Waals surface area contributed by atoms with E-state index in [4.69, 9.17) is 10.5 Å². The average Bonchev–Trinajstić information content (AvgIpc) is 2.18. The maximum atomic E-state index is 11.3. The summed E-state index contributed by atoms with van der Waals surface area (Å²) in [6.07, 6.45) is 2.00. The first kappa shape index (κ1) is 13.3. The van der Waals surface area contributed by atoms with Gasteiger partial charge >= 0.3 is 6.09 Å². The fourth-order valence-electron chi connectivity index (χ4n) is 1.21. The van der Waals surface area contributed by atoms with Crippen molar-refractivity contribution >= 4 is 11.9 Å². The summed E-state index contributed by atoms with van der Waals surface area (Å²) < 4.78 is 5.11. The standard InChI is InChI=1S/C12H19N3O2/c1-12(2,3)17-11(16)14-7-6-9-4-5-10(13)15-8-9/h4-5,8H,6-7H2,1-3H3,(H2,13,15)(H,14,16). The first-order valence-corrected chi connectivity index (χ1v) is 5.54. The summed E-state index contributed by atoms with van der Waals surface area (Å²) in [7, 11) is 0. The number of rotatable bonds is 3. The molecule has 0 unspecified atom stereocenters. The lowest BCUT2D eigenvalue weighted by molar-refractivity contribution is 0.0528.